The molecule has 0 fully saturated rings. The number of hydrogen-bond donors (Lipinski definition) is 2. The Labute approximate surface area is 115 Å². The molecule has 0 aliphatic rings. The minimum Gasteiger partial charge on any atom is -0.367 e. The van der Waals surface area contributed by atoms with E-state index < -0.39 is 18.8 Å². The third-order valence-electron chi connectivity index (χ3n) is 2.44. The van der Waals surface area contributed by atoms with Crippen molar-refractivity contribution in [3.63, 3.8) is 0 Å². The molecule has 0 spiro atoms. The van der Waals surface area contributed by atoms with Crippen molar-refractivity contribution in [2.45, 2.75) is 32.3 Å². The zero-order valence-electron chi connectivity index (χ0n) is 11.0. The van der Waals surface area contributed by atoms with Gasteiger partial charge in [-0.2, -0.15) is 13.2 Å². The highest BCUT2D eigenvalue weighted by Gasteiger charge is 2.27. The minimum absolute atomic E-state index is 0.105. The maximum Gasteiger partial charge on any atom is 0.411 e. The third-order valence-corrected chi connectivity index (χ3v) is 2.44. The number of ether oxygens (including phenoxy) is 1. The van der Waals surface area contributed by atoms with Gasteiger partial charge in [-0.05, 0) is 18.1 Å². The quantitative estimate of drug-likeness (QED) is 0.838. The van der Waals surface area contributed by atoms with Gasteiger partial charge < -0.3 is 15.8 Å². The van der Waals surface area contributed by atoms with Gasteiger partial charge in [0.25, 0.3) is 0 Å². The maximum atomic E-state index is 11.9. The largest absolute Gasteiger partial charge is 0.411 e. The molecule has 1 aromatic rings. The molecule has 0 aliphatic carbocycles. The highest BCUT2D eigenvalue weighted by Crippen LogP contribution is 2.15. The summed E-state index contributed by atoms with van der Waals surface area (Å²) in [6, 6.07) is 6.17. The Balaban J connectivity index is 2.38. The third kappa shape index (κ3) is 6.53. The van der Waals surface area contributed by atoms with Crippen LogP contribution in [0, 0.1) is 0 Å². The second-order valence-electron chi connectivity index (χ2n) is 4.43. The molecule has 1 amide bonds. The van der Waals surface area contributed by atoms with Gasteiger partial charge in [0.2, 0.25) is 5.91 Å². The molecule has 1 atom stereocenters. The Hall–Kier alpha value is -1.60. The van der Waals surface area contributed by atoms with E-state index in [-0.39, 0.29) is 12.5 Å². The molecule has 4 nitrogen and oxygen atoms in total. The number of alkyl halides is 3. The van der Waals surface area contributed by atoms with E-state index in [1.54, 1.807) is 31.2 Å². The van der Waals surface area contributed by atoms with E-state index >= 15 is 0 Å². The molecule has 0 radical (unpaired) electrons. The van der Waals surface area contributed by atoms with Crippen molar-refractivity contribution < 1.29 is 22.7 Å². The van der Waals surface area contributed by atoms with Gasteiger partial charge in [-0.25, -0.2) is 0 Å². The maximum absolute atomic E-state index is 11.9. The molecule has 0 heterocycles. The topological polar surface area (TPSA) is 64.4 Å². The van der Waals surface area contributed by atoms with Gasteiger partial charge in [-0.15, -0.1) is 0 Å². The smallest absolute Gasteiger partial charge is 0.367 e. The summed E-state index contributed by atoms with van der Waals surface area (Å²) in [4.78, 5) is 11.3. The number of halogens is 3. The van der Waals surface area contributed by atoms with Gasteiger partial charge in [-0.3, -0.25) is 4.79 Å². The fourth-order valence-electron chi connectivity index (χ4n) is 1.39. The number of amides is 1. The van der Waals surface area contributed by atoms with Crippen molar-refractivity contribution in [3.8, 4) is 0 Å². The van der Waals surface area contributed by atoms with Gasteiger partial charge in [0, 0.05) is 6.54 Å². The predicted octanol–water partition coefficient (Wildman–Crippen LogP) is 1.73. The first-order chi connectivity index (χ1) is 9.28. The van der Waals surface area contributed by atoms with E-state index in [1.165, 1.54) is 0 Å². The van der Waals surface area contributed by atoms with Crippen molar-refractivity contribution in [1.29, 1.82) is 0 Å². The highest BCUT2D eigenvalue weighted by molar-refractivity contribution is 5.80. The molecule has 0 saturated heterocycles. The predicted molar refractivity (Wildman–Crippen MR) is 67.6 cm³/mol. The second kappa shape index (κ2) is 7.25. The van der Waals surface area contributed by atoms with Crippen molar-refractivity contribution in [2.24, 2.45) is 5.73 Å². The molecule has 0 bridgehead atoms. The lowest BCUT2D eigenvalue weighted by molar-refractivity contribution is -0.176. The van der Waals surface area contributed by atoms with Crippen LogP contribution >= 0.6 is 0 Å². The van der Waals surface area contributed by atoms with Crippen LogP contribution < -0.4 is 11.1 Å². The Morgan fingerprint density at radius 3 is 2.35 bits per heavy atom. The highest BCUT2D eigenvalue weighted by atomic mass is 19.4. The molecule has 112 valence electrons. The van der Waals surface area contributed by atoms with Gasteiger partial charge in [0.15, 0.2) is 0 Å². The normalized spacial score (nSPS) is 13.1. The molecule has 0 aliphatic heterocycles. The monoisotopic (exact) mass is 290 g/mol. The van der Waals surface area contributed by atoms with Gasteiger partial charge in [-0.1, -0.05) is 24.3 Å². The molecule has 3 N–H and O–H groups in total. The Kier molecular flexibility index (Phi) is 5.97. The summed E-state index contributed by atoms with van der Waals surface area (Å²) in [6.07, 6.45) is -4.32. The molecule has 1 aromatic carbocycles. The van der Waals surface area contributed by atoms with E-state index in [0.717, 1.165) is 5.56 Å². The lowest BCUT2D eigenvalue weighted by Crippen LogP contribution is -2.37. The first-order valence-corrected chi connectivity index (χ1v) is 6.03. The van der Waals surface area contributed by atoms with Crippen LogP contribution in [0.5, 0.6) is 0 Å². The zero-order valence-corrected chi connectivity index (χ0v) is 11.0. The lowest BCUT2D eigenvalue weighted by atomic mass is 10.1. The first kappa shape index (κ1) is 16.5. The number of carbonyl (C=O) groups is 1. The molecule has 20 heavy (non-hydrogen) atoms. The summed E-state index contributed by atoms with van der Waals surface area (Å²) >= 11 is 0. The zero-order chi connectivity index (χ0) is 15.2. The Morgan fingerprint density at radius 1 is 1.30 bits per heavy atom. The number of carbonyl (C=O) groups excluding carboxylic acids is 1. The Bertz CT molecular complexity index is 430. The molecule has 0 unspecified atom stereocenters. The molecule has 0 saturated carbocycles. The van der Waals surface area contributed by atoms with Gasteiger partial charge in [0.05, 0.1) is 12.6 Å². The fourth-order valence-corrected chi connectivity index (χ4v) is 1.39. The van der Waals surface area contributed by atoms with Crippen LogP contribution in [-0.2, 0) is 22.7 Å². The van der Waals surface area contributed by atoms with Crippen molar-refractivity contribution in [3.05, 3.63) is 35.4 Å². The van der Waals surface area contributed by atoms with Crippen molar-refractivity contribution >= 4 is 5.91 Å². The summed E-state index contributed by atoms with van der Waals surface area (Å²) < 4.78 is 40.2. The van der Waals surface area contributed by atoms with Crippen LogP contribution in [-0.4, -0.2) is 24.7 Å². The number of nitrogens with one attached hydrogen (secondary N) is 1. The first-order valence-electron chi connectivity index (χ1n) is 6.03. The standard InChI is InChI=1S/C13H17F3N2O2/c1-9(17)12(19)18-6-10-2-4-11(5-3-10)7-20-8-13(14,15)16/h2-5,9H,6-8,17H2,1H3,(H,18,19)/t9-/m1/s1. The summed E-state index contributed by atoms with van der Waals surface area (Å²) in [6.45, 7) is 0.533. The summed E-state index contributed by atoms with van der Waals surface area (Å²) in [7, 11) is 0. The van der Waals surface area contributed by atoms with Gasteiger partial charge >= 0.3 is 6.18 Å². The summed E-state index contributed by atoms with van der Waals surface area (Å²) in [5.74, 6) is -0.261. The molecule has 7 heteroatoms. The van der Waals surface area contributed by atoms with Crippen LogP contribution in [0.1, 0.15) is 18.1 Å². The Morgan fingerprint density at radius 2 is 1.85 bits per heavy atom. The number of nitrogens with two attached hydrogens (primary N) is 1. The SMILES string of the molecule is C[C@@H](N)C(=O)NCc1ccc(COCC(F)(F)F)cc1. The number of hydrogen-bond acceptors (Lipinski definition) is 3. The lowest BCUT2D eigenvalue weighted by Gasteiger charge is -2.09. The van der Waals surface area contributed by atoms with E-state index in [1.807, 2.05) is 0 Å². The summed E-state index contributed by atoms with van der Waals surface area (Å²) in [5.41, 5.74) is 6.86. The average molecular weight is 290 g/mol. The average Bonchev–Trinajstić information content (AvgIpc) is 2.35. The molecular formula is C13H17F3N2O2. The fraction of sp³-hybridized carbons (Fsp3) is 0.462. The van der Waals surface area contributed by atoms with Crippen molar-refractivity contribution in [2.75, 3.05) is 6.61 Å². The van der Waals surface area contributed by atoms with E-state index in [2.05, 4.69) is 10.1 Å². The van der Waals surface area contributed by atoms with Gasteiger partial charge in [0.1, 0.15) is 6.61 Å². The number of rotatable bonds is 6. The second-order valence-corrected chi connectivity index (χ2v) is 4.43. The van der Waals surface area contributed by atoms with E-state index in [4.69, 9.17) is 5.73 Å². The molecule has 1 rings (SSSR count). The minimum atomic E-state index is -4.32. The van der Waals surface area contributed by atoms with Crippen LogP contribution in [0.15, 0.2) is 24.3 Å². The van der Waals surface area contributed by atoms with E-state index in [0.29, 0.717) is 12.1 Å². The molecule has 0 aromatic heterocycles. The van der Waals surface area contributed by atoms with E-state index in [9.17, 15) is 18.0 Å². The summed E-state index contributed by atoms with van der Waals surface area (Å²) in [5, 5.41) is 2.64. The molecular weight excluding hydrogens is 273 g/mol. The van der Waals surface area contributed by atoms with Crippen LogP contribution in [0.2, 0.25) is 0 Å². The van der Waals surface area contributed by atoms with Crippen LogP contribution in [0.3, 0.4) is 0 Å². The number of benzene rings is 1. The van der Waals surface area contributed by atoms with Crippen LogP contribution in [0.4, 0.5) is 13.2 Å². The van der Waals surface area contributed by atoms with Crippen molar-refractivity contribution in [1.82, 2.24) is 5.32 Å². The van der Waals surface area contributed by atoms with Crippen LogP contribution in [0.25, 0.3) is 0 Å².